The average molecular weight is 219 g/mol. The molecule has 2 atom stereocenters. The van der Waals surface area contributed by atoms with Gasteiger partial charge >= 0.3 is 0 Å². The summed E-state index contributed by atoms with van der Waals surface area (Å²) < 4.78 is 10.6. The van der Waals surface area contributed by atoms with Gasteiger partial charge in [0.2, 0.25) is 6.79 Å². The Kier molecular flexibility index (Phi) is 3.15. The third-order valence-corrected chi connectivity index (χ3v) is 2.76. The minimum absolute atomic E-state index is 0.266. The van der Waals surface area contributed by atoms with Gasteiger partial charge in [0.1, 0.15) is 0 Å². The van der Waals surface area contributed by atoms with Crippen molar-refractivity contribution in [2.75, 3.05) is 6.79 Å². The van der Waals surface area contributed by atoms with Crippen molar-refractivity contribution in [3.63, 3.8) is 0 Å². The molecule has 1 aliphatic heterocycles. The molecule has 2 rings (SSSR count). The van der Waals surface area contributed by atoms with Crippen LogP contribution in [-0.2, 0) is 0 Å². The van der Waals surface area contributed by atoms with E-state index in [1.54, 1.807) is 0 Å². The fraction of sp³-hybridized carbons (Fsp3) is 0.385. The van der Waals surface area contributed by atoms with Crippen LogP contribution in [0.4, 0.5) is 0 Å². The molecule has 1 aromatic carbocycles. The summed E-state index contributed by atoms with van der Waals surface area (Å²) in [5.41, 5.74) is 1.19. The smallest absolute Gasteiger partial charge is 0.231 e. The van der Waals surface area contributed by atoms with E-state index in [0.717, 1.165) is 11.5 Å². The number of nitrogens with one attached hydrogen (secondary N) is 1. The number of benzene rings is 1. The molecule has 0 amide bonds. The van der Waals surface area contributed by atoms with Gasteiger partial charge in [0.05, 0.1) is 0 Å². The first kappa shape index (κ1) is 11.0. The first-order chi connectivity index (χ1) is 7.70. The van der Waals surface area contributed by atoms with Crippen LogP contribution >= 0.6 is 0 Å². The molecule has 3 heteroatoms. The van der Waals surface area contributed by atoms with Gasteiger partial charge in [0.25, 0.3) is 0 Å². The van der Waals surface area contributed by atoms with Gasteiger partial charge in [-0.05, 0) is 31.5 Å². The van der Waals surface area contributed by atoms with Crippen LogP contribution in [0.2, 0.25) is 0 Å². The summed E-state index contributed by atoms with van der Waals surface area (Å²) in [7, 11) is 0. The second-order valence-electron chi connectivity index (χ2n) is 4.03. The van der Waals surface area contributed by atoms with Crippen LogP contribution < -0.4 is 14.8 Å². The molecule has 1 aliphatic rings. The average Bonchev–Trinajstić information content (AvgIpc) is 2.75. The number of hydrogen-bond donors (Lipinski definition) is 1. The van der Waals surface area contributed by atoms with Gasteiger partial charge in [0, 0.05) is 12.1 Å². The van der Waals surface area contributed by atoms with E-state index in [1.807, 2.05) is 18.2 Å². The van der Waals surface area contributed by atoms with E-state index in [1.165, 1.54) is 5.56 Å². The summed E-state index contributed by atoms with van der Waals surface area (Å²) in [5.74, 6) is 1.66. The van der Waals surface area contributed by atoms with Crippen molar-refractivity contribution in [3.8, 4) is 11.5 Å². The maximum atomic E-state index is 5.35. The van der Waals surface area contributed by atoms with Gasteiger partial charge in [0.15, 0.2) is 11.5 Å². The van der Waals surface area contributed by atoms with Gasteiger partial charge in [-0.3, -0.25) is 0 Å². The minimum Gasteiger partial charge on any atom is -0.454 e. The van der Waals surface area contributed by atoms with Crippen LogP contribution in [0, 0.1) is 0 Å². The maximum Gasteiger partial charge on any atom is 0.231 e. The van der Waals surface area contributed by atoms with Crippen LogP contribution in [0.3, 0.4) is 0 Å². The molecule has 0 fully saturated rings. The van der Waals surface area contributed by atoms with E-state index < -0.39 is 0 Å². The monoisotopic (exact) mass is 219 g/mol. The Hall–Kier alpha value is -1.48. The maximum absolute atomic E-state index is 5.35. The van der Waals surface area contributed by atoms with Gasteiger partial charge in [-0.15, -0.1) is 6.58 Å². The Balaban J connectivity index is 2.11. The molecule has 0 spiro atoms. The highest BCUT2D eigenvalue weighted by Crippen LogP contribution is 2.34. The summed E-state index contributed by atoms with van der Waals surface area (Å²) in [6.45, 7) is 8.28. The zero-order valence-corrected chi connectivity index (χ0v) is 9.69. The number of fused-ring (bicyclic) bond motifs is 1. The van der Waals surface area contributed by atoms with Crippen LogP contribution in [0.5, 0.6) is 11.5 Å². The Morgan fingerprint density at radius 2 is 2.06 bits per heavy atom. The lowest BCUT2D eigenvalue weighted by Crippen LogP contribution is -2.26. The van der Waals surface area contributed by atoms with Crippen LogP contribution in [0.25, 0.3) is 0 Å². The lowest BCUT2D eigenvalue weighted by molar-refractivity contribution is 0.174. The molecule has 1 heterocycles. The first-order valence-electron chi connectivity index (χ1n) is 5.49. The molecule has 0 saturated carbocycles. The van der Waals surface area contributed by atoms with Crippen LogP contribution in [0.15, 0.2) is 30.9 Å². The van der Waals surface area contributed by atoms with Gasteiger partial charge in [-0.1, -0.05) is 12.1 Å². The zero-order valence-electron chi connectivity index (χ0n) is 9.69. The molecule has 16 heavy (non-hydrogen) atoms. The Labute approximate surface area is 96.1 Å². The van der Waals surface area contributed by atoms with Crippen molar-refractivity contribution in [1.29, 1.82) is 0 Å². The van der Waals surface area contributed by atoms with E-state index in [9.17, 15) is 0 Å². The number of ether oxygens (including phenoxy) is 2. The molecule has 0 radical (unpaired) electrons. The molecule has 0 aliphatic carbocycles. The van der Waals surface area contributed by atoms with Crippen LogP contribution in [0.1, 0.15) is 25.5 Å². The lowest BCUT2D eigenvalue weighted by atomic mass is 10.1. The van der Waals surface area contributed by atoms with Crippen molar-refractivity contribution < 1.29 is 9.47 Å². The largest absolute Gasteiger partial charge is 0.454 e. The quantitative estimate of drug-likeness (QED) is 0.790. The molecular weight excluding hydrogens is 202 g/mol. The molecule has 1 N–H and O–H groups in total. The molecule has 86 valence electrons. The normalized spacial score (nSPS) is 16.9. The van der Waals surface area contributed by atoms with Crippen molar-refractivity contribution >= 4 is 0 Å². The van der Waals surface area contributed by atoms with Crippen molar-refractivity contribution in [2.24, 2.45) is 0 Å². The molecule has 1 aromatic rings. The van der Waals surface area contributed by atoms with Crippen molar-refractivity contribution in [3.05, 3.63) is 36.4 Å². The minimum atomic E-state index is 0.266. The zero-order chi connectivity index (χ0) is 11.5. The highest BCUT2D eigenvalue weighted by molar-refractivity contribution is 5.45. The van der Waals surface area contributed by atoms with E-state index in [-0.39, 0.29) is 6.04 Å². The highest BCUT2D eigenvalue weighted by atomic mass is 16.7. The fourth-order valence-electron chi connectivity index (χ4n) is 1.74. The molecule has 0 saturated heterocycles. The van der Waals surface area contributed by atoms with E-state index in [0.29, 0.717) is 12.8 Å². The number of rotatable bonds is 4. The van der Waals surface area contributed by atoms with E-state index in [4.69, 9.17) is 9.47 Å². The summed E-state index contributed by atoms with van der Waals surface area (Å²) >= 11 is 0. The molecule has 0 aromatic heterocycles. The Morgan fingerprint density at radius 3 is 2.81 bits per heavy atom. The Bertz CT molecular complexity index is 390. The summed E-state index contributed by atoms with van der Waals surface area (Å²) in [5, 5.41) is 3.42. The fourth-order valence-corrected chi connectivity index (χ4v) is 1.74. The van der Waals surface area contributed by atoms with Gasteiger partial charge in [-0.25, -0.2) is 0 Å². The first-order valence-corrected chi connectivity index (χ1v) is 5.49. The van der Waals surface area contributed by atoms with Gasteiger partial charge in [-0.2, -0.15) is 0 Å². The highest BCUT2D eigenvalue weighted by Gasteiger charge is 2.15. The third kappa shape index (κ3) is 2.19. The SMILES string of the molecule is C=CC(C)NC(C)c1ccc2c(c1)OCO2. The molecule has 2 unspecified atom stereocenters. The molecule has 3 nitrogen and oxygen atoms in total. The van der Waals surface area contributed by atoms with Crippen molar-refractivity contribution in [1.82, 2.24) is 5.32 Å². The summed E-state index contributed by atoms with van der Waals surface area (Å²) in [6, 6.07) is 6.59. The number of hydrogen-bond acceptors (Lipinski definition) is 3. The van der Waals surface area contributed by atoms with Gasteiger partial charge < -0.3 is 14.8 Å². The molecule has 0 bridgehead atoms. The van der Waals surface area contributed by atoms with Crippen LogP contribution in [-0.4, -0.2) is 12.8 Å². The van der Waals surface area contributed by atoms with E-state index >= 15 is 0 Å². The summed E-state index contributed by atoms with van der Waals surface area (Å²) in [4.78, 5) is 0. The predicted molar refractivity (Wildman–Crippen MR) is 63.8 cm³/mol. The van der Waals surface area contributed by atoms with E-state index in [2.05, 4.69) is 31.8 Å². The third-order valence-electron chi connectivity index (χ3n) is 2.76. The predicted octanol–water partition coefficient (Wildman–Crippen LogP) is 2.64. The summed E-state index contributed by atoms with van der Waals surface area (Å²) in [6.07, 6.45) is 1.89. The Morgan fingerprint density at radius 1 is 1.31 bits per heavy atom. The topological polar surface area (TPSA) is 30.5 Å². The second kappa shape index (κ2) is 4.58. The second-order valence-corrected chi connectivity index (χ2v) is 4.03. The molecular formula is C13H17NO2. The lowest BCUT2D eigenvalue weighted by Gasteiger charge is -2.17. The van der Waals surface area contributed by atoms with Crippen molar-refractivity contribution in [2.45, 2.75) is 25.9 Å². The standard InChI is InChI=1S/C13H17NO2/c1-4-9(2)14-10(3)11-5-6-12-13(7-11)16-8-15-12/h4-7,9-10,14H,1,8H2,2-3H3.